The second-order valence-corrected chi connectivity index (χ2v) is 8.16. The third-order valence-electron chi connectivity index (χ3n) is 5.55. The van der Waals surface area contributed by atoms with Crippen LogP contribution in [0.2, 0.25) is 0 Å². The lowest BCUT2D eigenvalue weighted by Gasteiger charge is -2.33. The highest BCUT2D eigenvalue weighted by molar-refractivity contribution is 5.97. The van der Waals surface area contributed by atoms with E-state index in [0.717, 1.165) is 24.5 Å². The molecule has 0 aliphatic carbocycles. The van der Waals surface area contributed by atoms with Crippen LogP contribution in [0.15, 0.2) is 42.5 Å². The summed E-state index contributed by atoms with van der Waals surface area (Å²) in [5, 5.41) is 2.95. The predicted octanol–water partition coefficient (Wildman–Crippen LogP) is 4.30. The fourth-order valence-corrected chi connectivity index (χ4v) is 3.84. The molecule has 0 bridgehead atoms. The Kier molecular flexibility index (Phi) is 7.32. The quantitative estimate of drug-likeness (QED) is 0.688. The average molecular weight is 414 g/mol. The highest BCUT2D eigenvalue weighted by Gasteiger charge is 2.25. The summed E-state index contributed by atoms with van der Waals surface area (Å²) in [6.45, 7) is 5.32. The number of hydrogen-bond acceptors (Lipinski definition) is 3. The summed E-state index contributed by atoms with van der Waals surface area (Å²) in [5.74, 6) is -1.03. The highest BCUT2D eigenvalue weighted by Crippen LogP contribution is 2.28. The number of likely N-dealkylation sites (tertiary alicyclic amines) is 1. The molecule has 2 aromatic rings. The van der Waals surface area contributed by atoms with Crippen LogP contribution in [-0.4, -0.2) is 36.2 Å². The minimum Gasteiger partial charge on any atom is -0.341 e. The van der Waals surface area contributed by atoms with Gasteiger partial charge in [0.15, 0.2) is 5.78 Å². The van der Waals surface area contributed by atoms with Gasteiger partial charge in [0.05, 0.1) is 6.54 Å². The van der Waals surface area contributed by atoms with E-state index >= 15 is 0 Å². The Labute approximate surface area is 176 Å². The molecule has 1 atom stereocenters. The van der Waals surface area contributed by atoms with Gasteiger partial charge in [-0.05, 0) is 30.5 Å². The molecule has 160 valence electrons. The van der Waals surface area contributed by atoms with Crippen molar-refractivity contribution >= 4 is 11.7 Å². The summed E-state index contributed by atoms with van der Waals surface area (Å²) in [6, 6.07) is 11.1. The first-order valence-corrected chi connectivity index (χ1v) is 10.4. The third kappa shape index (κ3) is 5.51. The molecule has 0 radical (unpaired) electrons. The largest absolute Gasteiger partial charge is 0.341 e. The Bertz CT molecular complexity index is 914. The second kappa shape index (κ2) is 9.94. The molecular formula is C24H28F2N2O2. The van der Waals surface area contributed by atoms with E-state index in [1.54, 1.807) is 0 Å². The molecule has 3 rings (SSSR count). The molecule has 30 heavy (non-hydrogen) atoms. The number of nitrogens with one attached hydrogen (secondary N) is 1. The van der Waals surface area contributed by atoms with Crippen LogP contribution in [0, 0.1) is 17.6 Å². The fraction of sp³-hybridized carbons (Fsp3) is 0.417. The van der Waals surface area contributed by atoms with Gasteiger partial charge in [-0.3, -0.25) is 9.59 Å². The van der Waals surface area contributed by atoms with E-state index in [4.69, 9.17) is 0 Å². The van der Waals surface area contributed by atoms with Gasteiger partial charge in [-0.25, -0.2) is 8.78 Å². The number of piperidine rings is 1. The summed E-state index contributed by atoms with van der Waals surface area (Å²) in [6.07, 6.45) is 1.86. The van der Waals surface area contributed by atoms with Crippen LogP contribution in [0.3, 0.4) is 0 Å². The number of nitrogens with zero attached hydrogens (tertiary/aromatic N) is 1. The van der Waals surface area contributed by atoms with Crippen molar-refractivity contribution in [1.29, 1.82) is 0 Å². The number of benzene rings is 2. The van der Waals surface area contributed by atoms with E-state index in [1.807, 2.05) is 43.0 Å². The lowest BCUT2D eigenvalue weighted by Crippen LogP contribution is -2.43. The summed E-state index contributed by atoms with van der Waals surface area (Å²) in [7, 11) is 0. The molecule has 1 amide bonds. The minimum atomic E-state index is -0.621. The SMILES string of the molecule is CC(C)C(=O)c1cccc([C@@H]2CCCN(C(=O)CNCc3ccc(F)cc3F)C2)c1. The Morgan fingerprint density at radius 1 is 1.17 bits per heavy atom. The molecule has 1 aliphatic rings. The number of halogens is 2. The lowest BCUT2D eigenvalue weighted by molar-refractivity contribution is -0.131. The van der Waals surface area contributed by atoms with Crippen molar-refractivity contribution in [2.75, 3.05) is 19.6 Å². The van der Waals surface area contributed by atoms with Crippen LogP contribution in [-0.2, 0) is 11.3 Å². The predicted molar refractivity (Wildman–Crippen MR) is 112 cm³/mol. The molecule has 0 spiro atoms. The number of ketones is 1. The van der Waals surface area contributed by atoms with Gasteiger partial charge in [-0.2, -0.15) is 0 Å². The molecule has 1 saturated heterocycles. The highest BCUT2D eigenvalue weighted by atomic mass is 19.1. The molecule has 0 aromatic heterocycles. The van der Waals surface area contributed by atoms with Gasteiger partial charge in [-0.1, -0.05) is 38.1 Å². The van der Waals surface area contributed by atoms with Crippen LogP contribution in [0.25, 0.3) is 0 Å². The minimum absolute atomic E-state index is 0.0448. The zero-order valence-electron chi connectivity index (χ0n) is 17.5. The van der Waals surface area contributed by atoms with E-state index in [2.05, 4.69) is 5.32 Å². The van der Waals surface area contributed by atoms with Crippen LogP contribution < -0.4 is 5.32 Å². The van der Waals surface area contributed by atoms with Gasteiger partial charge >= 0.3 is 0 Å². The number of Topliss-reactive ketones (excluding diaryl/α,β-unsaturated/α-hetero) is 1. The first-order chi connectivity index (χ1) is 14.3. The maximum absolute atomic E-state index is 13.7. The number of carbonyl (C=O) groups excluding carboxylic acids is 2. The van der Waals surface area contributed by atoms with Crippen molar-refractivity contribution in [1.82, 2.24) is 10.2 Å². The Hall–Kier alpha value is -2.60. The maximum Gasteiger partial charge on any atom is 0.236 e. The molecule has 2 aromatic carbocycles. The van der Waals surface area contributed by atoms with Gasteiger partial charge in [0, 0.05) is 48.7 Å². The molecule has 1 heterocycles. The summed E-state index contributed by atoms with van der Waals surface area (Å²) in [4.78, 5) is 26.8. The lowest BCUT2D eigenvalue weighted by atomic mass is 9.88. The molecule has 0 saturated carbocycles. The average Bonchev–Trinajstić information content (AvgIpc) is 2.74. The topological polar surface area (TPSA) is 49.4 Å². The van der Waals surface area contributed by atoms with E-state index < -0.39 is 11.6 Å². The van der Waals surface area contributed by atoms with Gasteiger partial charge in [-0.15, -0.1) is 0 Å². The normalized spacial score (nSPS) is 16.7. The molecule has 1 aliphatic heterocycles. The van der Waals surface area contributed by atoms with Crippen LogP contribution in [0.5, 0.6) is 0 Å². The second-order valence-electron chi connectivity index (χ2n) is 8.16. The molecule has 4 nitrogen and oxygen atoms in total. The standard InChI is InChI=1S/C24H28F2N2O2/c1-16(2)24(30)18-6-3-5-17(11-18)20-7-4-10-28(15-20)23(29)14-27-13-19-8-9-21(25)12-22(19)26/h3,5-6,8-9,11-12,16,20,27H,4,7,10,13-15H2,1-2H3/t20-/m1/s1. The van der Waals surface area contributed by atoms with Crippen LogP contribution in [0.4, 0.5) is 8.78 Å². The fourth-order valence-electron chi connectivity index (χ4n) is 3.84. The zero-order chi connectivity index (χ0) is 21.7. The monoisotopic (exact) mass is 414 g/mol. The summed E-state index contributed by atoms with van der Waals surface area (Å²) < 4.78 is 26.7. The van der Waals surface area contributed by atoms with Crippen molar-refractivity contribution in [2.45, 2.75) is 39.2 Å². The molecule has 0 unspecified atom stereocenters. The third-order valence-corrected chi connectivity index (χ3v) is 5.55. The Morgan fingerprint density at radius 2 is 1.97 bits per heavy atom. The number of amides is 1. The first kappa shape index (κ1) is 22.1. The van der Waals surface area contributed by atoms with Gasteiger partial charge in [0.2, 0.25) is 5.91 Å². The van der Waals surface area contributed by atoms with Gasteiger partial charge < -0.3 is 10.2 Å². The molecule has 1 fully saturated rings. The molecule has 6 heteroatoms. The first-order valence-electron chi connectivity index (χ1n) is 10.4. The van der Waals surface area contributed by atoms with Crippen molar-refractivity contribution < 1.29 is 18.4 Å². The smallest absolute Gasteiger partial charge is 0.236 e. The summed E-state index contributed by atoms with van der Waals surface area (Å²) >= 11 is 0. The van der Waals surface area contributed by atoms with Crippen molar-refractivity contribution in [2.24, 2.45) is 5.92 Å². The van der Waals surface area contributed by atoms with Crippen LogP contribution in [0.1, 0.15) is 54.1 Å². The number of carbonyl (C=O) groups is 2. The van der Waals surface area contributed by atoms with Gasteiger partial charge in [0.25, 0.3) is 0 Å². The van der Waals surface area contributed by atoms with Crippen LogP contribution >= 0.6 is 0 Å². The van der Waals surface area contributed by atoms with Gasteiger partial charge in [0.1, 0.15) is 11.6 Å². The number of hydrogen-bond donors (Lipinski definition) is 1. The van der Waals surface area contributed by atoms with Crippen molar-refractivity contribution in [3.05, 3.63) is 70.8 Å². The zero-order valence-corrected chi connectivity index (χ0v) is 17.5. The molecular weight excluding hydrogens is 386 g/mol. The summed E-state index contributed by atoms with van der Waals surface area (Å²) in [5.41, 5.74) is 2.13. The molecule has 1 N–H and O–H groups in total. The Balaban J connectivity index is 1.57. The van der Waals surface area contributed by atoms with Crippen molar-refractivity contribution in [3.8, 4) is 0 Å². The Morgan fingerprint density at radius 3 is 2.70 bits per heavy atom. The van der Waals surface area contributed by atoms with Crippen molar-refractivity contribution in [3.63, 3.8) is 0 Å². The van der Waals surface area contributed by atoms with E-state index in [0.29, 0.717) is 24.2 Å². The number of rotatable bonds is 7. The van der Waals surface area contributed by atoms with E-state index in [-0.39, 0.29) is 36.6 Å². The van der Waals surface area contributed by atoms with E-state index in [1.165, 1.54) is 12.1 Å². The maximum atomic E-state index is 13.7. The van der Waals surface area contributed by atoms with E-state index in [9.17, 15) is 18.4 Å².